The van der Waals surface area contributed by atoms with Crippen molar-refractivity contribution in [2.45, 2.75) is 39.5 Å². The molecule has 1 atom stereocenters. The van der Waals surface area contributed by atoms with Crippen molar-refractivity contribution >= 4 is 11.5 Å². The molecule has 7 heteroatoms. The Hall–Kier alpha value is -3.19. The molecule has 3 N–H and O–H groups in total. The highest BCUT2D eigenvalue weighted by Gasteiger charge is 2.34. The Balaban J connectivity index is 1.69. The quantitative estimate of drug-likeness (QED) is 0.356. The van der Waals surface area contributed by atoms with E-state index in [0.717, 1.165) is 46.2 Å². The second-order valence-corrected chi connectivity index (χ2v) is 7.65. The standard InChI is InChI=1S/C25H31N3O4/c1-4-18-19-14-21(31-6-3)22(32-12-8-11-29)15-20(19)24-23(18)25(28-27-24)26-16-9-7-10-17(13-16)30-5-2/h7,9-10,13-15,18,29H,4-6,8,11-12H2,1-3H3,(H2,26,27,28)/t18-/m1/s1. The first-order valence-corrected chi connectivity index (χ1v) is 11.3. The van der Waals surface area contributed by atoms with Gasteiger partial charge in [0.25, 0.3) is 0 Å². The molecule has 4 rings (SSSR count). The summed E-state index contributed by atoms with van der Waals surface area (Å²) in [6, 6.07) is 12.0. The van der Waals surface area contributed by atoms with Crippen LogP contribution in [0.5, 0.6) is 17.2 Å². The van der Waals surface area contributed by atoms with Gasteiger partial charge in [0.15, 0.2) is 17.3 Å². The summed E-state index contributed by atoms with van der Waals surface area (Å²) in [7, 11) is 0. The maximum Gasteiger partial charge on any atom is 0.161 e. The zero-order valence-electron chi connectivity index (χ0n) is 18.9. The third-order valence-corrected chi connectivity index (χ3v) is 5.59. The van der Waals surface area contributed by atoms with Gasteiger partial charge in [-0.3, -0.25) is 5.10 Å². The van der Waals surface area contributed by atoms with Crippen molar-refractivity contribution in [3.05, 3.63) is 47.5 Å². The fourth-order valence-corrected chi connectivity index (χ4v) is 4.25. The van der Waals surface area contributed by atoms with Gasteiger partial charge in [-0.2, -0.15) is 5.10 Å². The van der Waals surface area contributed by atoms with Crippen molar-refractivity contribution in [3.63, 3.8) is 0 Å². The second-order valence-electron chi connectivity index (χ2n) is 7.65. The Morgan fingerprint density at radius 2 is 1.84 bits per heavy atom. The molecular formula is C25H31N3O4. The molecule has 0 bridgehead atoms. The fourth-order valence-electron chi connectivity index (χ4n) is 4.25. The lowest BCUT2D eigenvalue weighted by Gasteiger charge is -2.17. The Morgan fingerprint density at radius 1 is 1.03 bits per heavy atom. The summed E-state index contributed by atoms with van der Waals surface area (Å²) in [5.41, 5.74) is 5.38. The minimum absolute atomic E-state index is 0.0943. The molecule has 1 aliphatic carbocycles. The molecule has 0 unspecified atom stereocenters. The highest BCUT2D eigenvalue weighted by Crippen LogP contribution is 2.52. The topological polar surface area (TPSA) is 88.6 Å². The van der Waals surface area contributed by atoms with Crippen molar-refractivity contribution in [3.8, 4) is 28.5 Å². The molecule has 170 valence electrons. The Labute approximate surface area is 188 Å². The van der Waals surface area contributed by atoms with Gasteiger partial charge in [-0.1, -0.05) is 13.0 Å². The van der Waals surface area contributed by atoms with Gasteiger partial charge in [0.1, 0.15) is 5.75 Å². The molecule has 0 radical (unpaired) electrons. The van der Waals surface area contributed by atoms with Crippen LogP contribution in [0.2, 0.25) is 0 Å². The van der Waals surface area contributed by atoms with Crippen LogP contribution in [0.25, 0.3) is 11.3 Å². The predicted octanol–water partition coefficient (Wildman–Crippen LogP) is 5.23. The molecule has 0 fully saturated rings. The van der Waals surface area contributed by atoms with E-state index in [1.54, 1.807) is 0 Å². The molecule has 0 saturated heterocycles. The van der Waals surface area contributed by atoms with E-state index < -0.39 is 0 Å². The molecule has 2 aromatic carbocycles. The third kappa shape index (κ3) is 4.25. The van der Waals surface area contributed by atoms with E-state index in [9.17, 15) is 0 Å². The van der Waals surface area contributed by atoms with Gasteiger partial charge >= 0.3 is 0 Å². The summed E-state index contributed by atoms with van der Waals surface area (Å²) < 4.78 is 17.4. The van der Waals surface area contributed by atoms with E-state index in [4.69, 9.17) is 19.3 Å². The number of aromatic amines is 1. The minimum atomic E-state index is 0.0943. The number of hydrogen-bond donors (Lipinski definition) is 3. The number of fused-ring (bicyclic) bond motifs is 3. The Morgan fingerprint density at radius 3 is 2.59 bits per heavy atom. The van der Waals surface area contributed by atoms with Crippen LogP contribution in [0.4, 0.5) is 11.5 Å². The number of aliphatic hydroxyl groups excluding tert-OH is 1. The number of anilines is 2. The molecule has 1 aromatic heterocycles. The van der Waals surface area contributed by atoms with E-state index in [1.807, 2.05) is 44.2 Å². The largest absolute Gasteiger partial charge is 0.494 e. The number of aromatic nitrogens is 2. The van der Waals surface area contributed by atoms with Crippen LogP contribution in [0.15, 0.2) is 36.4 Å². The van der Waals surface area contributed by atoms with E-state index in [1.165, 1.54) is 5.56 Å². The minimum Gasteiger partial charge on any atom is -0.494 e. The first-order valence-electron chi connectivity index (χ1n) is 11.3. The van der Waals surface area contributed by atoms with Crippen molar-refractivity contribution in [2.75, 3.05) is 31.7 Å². The SMILES string of the molecule is CCOc1cccc(Nc2n[nH]c3c2[C@H](CC)c2cc(OCC)c(OCCCO)cc2-3)c1. The van der Waals surface area contributed by atoms with Gasteiger partial charge in [0, 0.05) is 41.8 Å². The summed E-state index contributed by atoms with van der Waals surface area (Å²) in [5, 5.41) is 20.4. The molecule has 0 saturated carbocycles. The zero-order valence-corrected chi connectivity index (χ0v) is 18.9. The molecule has 0 aliphatic heterocycles. The van der Waals surface area contributed by atoms with Crippen LogP contribution in [-0.4, -0.2) is 41.7 Å². The van der Waals surface area contributed by atoms with Crippen molar-refractivity contribution in [1.29, 1.82) is 0 Å². The number of ether oxygens (including phenoxy) is 3. The first kappa shape index (κ1) is 22.0. The van der Waals surface area contributed by atoms with E-state index >= 15 is 0 Å². The second kappa shape index (κ2) is 9.96. The number of aliphatic hydroxyl groups is 1. The van der Waals surface area contributed by atoms with Crippen LogP contribution in [0.1, 0.15) is 50.7 Å². The van der Waals surface area contributed by atoms with E-state index in [0.29, 0.717) is 32.0 Å². The fraction of sp³-hybridized carbons (Fsp3) is 0.400. The van der Waals surface area contributed by atoms with Crippen molar-refractivity contribution in [2.24, 2.45) is 0 Å². The molecular weight excluding hydrogens is 406 g/mol. The third-order valence-electron chi connectivity index (χ3n) is 5.59. The highest BCUT2D eigenvalue weighted by molar-refractivity contribution is 5.83. The maximum atomic E-state index is 9.10. The number of nitrogens with zero attached hydrogens (tertiary/aromatic N) is 1. The number of H-pyrrole nitrogens is 1. The lowest BCUT2D eigenvalue weighted by Crippen LogP contribution is -2.04. The summed E-state index contributed by atoms with van der Waals surface area (Å²) in [5.74, 6) is 3.26. The zero-order chi connectivity index (χ0) is 22.5. The van der Waals surface area contributed by atoms with Gasteiger partial charge in [-0.25, -0.2) is 0 Å². The number of rotatable bonds is 11. The van der Waals surface area contributed by atoms with Gasteiger partial charge in [-0.05, 0) is 50.1 Å². The maximum absolute atomic E-state index is 9.10. The molecule has 1 aliphatic rings. The lowest BCUT2D eigenvalue weighted by molar-refractivity contribution is 0.225. The van der Waals surface area contributed by atoms with E-state index in [2.05, 4.69) is 28.5 Å². The summed E-state index contributed by atoms with van der Waals surface area (Å²) >= 11 is 0. The average Bonchev–Trinajstić information content (AvgIpc) is 3.32. The predicted molar refractivity (Wildman–Crippen MR) is 125 cm³/mol. The van der Waals surface area contributed by atoms with E-state index in [-0.39, 0.29) is 12.5 Å². The smallest absolute Gasteiger partial charge is 0.161 e. The molecule has 3 aromatic rings. The Bertz CT molecular complexity index is 1060. The molecule has 1 heterocycles. The molecule has 0 amide bonds. The summed E-state index contributed by atoms with van der Waals surface area (Å²) in [6.45, 7) is 7.83. The first-order chi connectivity index (χ1) is 15.7. The van der Waals surface area contributed by atoms with Crippen molar-refractivity contribution < 1.29 is 19.3 Å². The average molecular weight is 438 g/mol. The Kier molecular flexibility index (Phi) is 6.85. The monoisotopic (exact) mass is 437 g/mol. The van der Waals surface area contributed by atoms with Crippen LogP contribution < -0.4 is 19.5 Å². The number of hydrogen-bond acceptors (Lipinski definition) is 6. The molecule has 32 heavy (non-hydrogen) atoms. The van der Waals surface area contributed by atoms with Crippen LogP contribution in [0, 0.1) is 0 Å². The van der Waals surface area contributed by atoms with Crippen LogP contribution in [0.3, 0.4) is 0 Å². The summed E-state index contributed by atoms with van der Waals surface area (Å²) in [4.78, 5) is 0. The van der Waals surface area contributed by atoms with Gasteiger partial charge in [0.05, 0.1) is 25.5 Å². The van der Waals surface area contributed by atoms with Crippen LogP contribution in [-0.2, 0) is 0 Å². The van der Waals surface area contributed by atoms with Gasteiger partial charge in [0.2, 0.25) is 0 Å². The number of nitrogens with one attached hydrogen (secondary N) is 2. The lowest BCUT2D eigenvalue weighted by atomic mass is 9.94. The van der Waals surface area contributed by atoms with Crippen LogP contribution >= 0.6 is 0 Å². The molecule has 0 spiro atoms. The molecule has 7 nitrogen and oxygen atoms in total. The summed E-state index contributed by atoms with van der Waals surface area (Å²) in [6.07, 6.45) is 1.51. The number of benzene rings is 2. The van der Waals surface area contributed by atoms with Gasteiger partial charge in [-0.15, -0.1) is 0 Å². The van der Waals surface area contributed by atoms with Crippen molar-refractivity contribution in [1.82, 2.24) is 10.2 Å². The van der Waals surface area contributed by atoms with Gasteiger partial charge < -0.3 is 24.6 Å². The highest BCUT2D eigenvalue weighted by atomic mass is 16.5. The normalized spacial score (nSPS) is 14.1.